The van der Waals surface area contributed by atoms with Crippen LogP contribution in [0.25, 0.3) is 11.5 Å². The van der Waals surface area contributed by atoms with Crippen LogP contribution >= 0.6 is 0 Å². The van der Waals surface area contributed by atoms with Gasteiger partial charge in [-0.2, -0.15) is 4.31 Å². The smallest absolute Gasteiger partial charge is 0.309 e. The van der Waals surface area contributed by atoms with Gasteiger partial charge in [0.1, 0.15) is 10.6 Å². The standard InChI is InChI=1S/C22H26N4O6S/c1-13-5-7-17(8-6-13)21-24-23-20(31-21)16(4)30-22(27)18-9-11-26(12-10-18)33(28,29)19-14(2)25-32-15(19)3/h5-8,16,18H,9-12H2,1-4H3. The number of hydrogen-bond donors (Lipinski definition) is 0. The van der Waals surface area contributed by atoms with Crippen molar-refractivity contribution in [2.24, 2.45) is 5.92 Å². The zero-order valence-corrected chi connectivity index (χ0v) is 19.8. The Labute approximate surface area is 192 Å². The van der Waals surface area contributed by atoms with Gasteiger partial charge in [0, 0.05) is 18.7 Å². The highest BCUT2D eigenvalue weighted by Gasteiger charge is 2.36. The summed E-state index contributed by atoms with van der Waals surface area (Å²) in [5.41, 5.74) is 2.23. The summed E-state index contributed by atoms with van der Waals surface area (Å²) in [7, 11) is -3.73. The lowest BCUT2D eigenvalue weighted by atomic mass is 9.98. The third kappa shape index (κ3) is 4.69. The van der Waals surface area contributed by atoms with E-state index in [4.69, 9.17) is 13.7 Å². The molecule has 2 aromatic heterocycles. The van der Waals surface area contributed by atoms with E-state index < -0.39 is 28.0 Å². The molecule has 0 radical (unpaired) electrons. The summed E-state index contributed by atoms with van der Waals surface area (Å²) in [6, 6.07) is 7.66. The van der Waals surface area contributed by atoms with E-state index in [-0.39, 0.29) is 29.6 Å². The number of rotatable bonds is 6. The quantitative estimate of drug-likeness (QED) is 0.494. The Morgan fingerprint density at radius 3 is 2.39 bits per heavy atom. The molecule has 1 unspecified atom stereocenters. The number of carbonyl (C=O) groups excluding carboxylic acids is 1. The van der Waals surface area contributed by atoms with Crippen LogP contribution in [0.15, 0.2) is 38.1 Å². The van der Waals surface area contributed by atoms with Crippen molar-refractivity contribution in [1.29, 1.82) is 0 Å². The molecule has 0 saturated carbocycles. The Morgan fingerprint density at radius 2 is 1.79 bits per heavy atom. The fourth-order valence-electron chi connectivity index (χ4n) is 3.84. The second-order valence-electron chi connectivity index (χ2n) is 8.22. The number of ether oxygens (including phenoxy) is 1. The van der Waals surface area contributed by atoms with Crippen molar-refractivity contribution < 1.29 is 26.9 Å². The Kier molecular flexibility index (Phi) is 6.35. The van der Waals surface area contributed by atoms with Gasteiger partial charge in [0.15, 0.2) is 11.9 Å². The molecule has 0 spiro atoms. The number of hydrogen-bond acceptors (Lipinski definition) is 9. The van der Waals surface area contributed by atoms with E-state index in [1.54, 1.807) is 20.8 Å². The van der Waals surface area contributed by atoms with Gasteiger partial charge in [-0.3, -0.25) is 4.79 Å². The van der Waals surface area contributed by atoms with E-state index in [0.29, 0.717) is 24.4 Å². The van der Waals surface area contributed by atoms with Crippen LogP contribution in [0.4, 0.5) is 0 Å². The highest BCUT2D eigenvalue weighted by Crippen LogP contribution is 2.29. The van der Waals surface area contributed by atoms with E-state index >= 15 is 0 Å². The molecule has 1 saturated heterocycles. The fourth-order valence-corrected chi connectivity index (χ4v) is 5.60. The van der Waals surface area contributed by atoms with E-state index in [1.807, 2.05) is 31.2 Å². The van der Waals surface area contributed by atoms with Crippen LogP contribution in [0.2, 0.25) is 0 Å². The lowest BCUT2D eigenvalue weighted by Gasteiger charge is -2.30. The molecule has 1 aromatic carbocycles. The Hall–Kier alpha value is -3.05. The summed E-state index contributed by atoms with van der Waals surface area (Å²) in [5, 5.41) is 11.8. The second-order valence-corrected chi connectivity index (χ2v) is 10.1. The molecule has 1 aliphatic rings. The van der Waals surface area contributed by atoms with Crippen LogP contribution in [0.1, 0.15) is 48.8 Å². The van der Waals surface area contributed by atoms with Crippen molar-refractivity contribution in [1.82, 2.24) is 19.7 Å². The third-order valence-corrected chi connectivity index (χ3v) is 7.88. The van der Waals surface area contributed by atoms with E-state index in [0.717, 1.165) is 11.1 Å². The van der Waals surface area contributed by atoms with Crippen LogP contribution in [0.5, 0.6) is 0 Å². The second kappa shape index (κ2) is 9.06. The molecule has 33 heavy (non-hydrogen) atoms. The first-order valence-corrected chi connectivity index (χ1v) is 12.1. The van der Waals surface area contributed by atoms with Crippen molar-refractivity contribution >= 4 is 16.0 Å². The summed E-state index contributed by atoms with van der Waals surface area (Å²) < 4.78 is 43.5. The SMILES string of the molecule is Cc1ccc(-c2nnc(C(C)OC(=O)C3CCN(S(=O)(=O)c4c(C)noc4C)CC3)o2)cc1. The van der Waals surface area contributed by atoms with E-state index in [9.17, 15) is 13.2 Å². The van der Waals surface area contributed by atoms with Crippen LogP contribution in [0.3, 0.4) is 0 Å². The van der Waals surface area contributed by atoms with Gasteiger partial charge >= 0.3 is 5.97 Å². The summed E-state index contributed by atoms with van der Waals surface area (Å²) in [5.74, 6) is -0.00876. The molecular weight excluding hydrogens is 448 g/mol. The predicted molar refractivity (Wildman–Crippen MR) is 116 cm³/mol. The van der Waals surface area contributed by atoms with Gasteiger partial charge in [0.05, 0.1) is 5.92 Å². The first-order chi connectivity index (χ1) is 15.7. The maximum atomic E-state index is 12.9. The lowest BCUT2D eigenvalue weighted by Crippen LogP contribution is -2.41. The first-order valence-electron chi connectivity index (χ1n) is 10.7. The maximum absolute atomic E-state index is 12.9. The minimum Gasteiger partial charge on any atom is -0.452 e. The average Bonchev–Trinajstić information content (AvgIpc) is 3.41. The van der Waals surface area contributed by atoms with Crippen molar-refractivity contribution in [3.8, 4) is 11.5 Å². The molecule has 0 bridgehead atoms. The number of sulfonamides is 1. The van der Waals surface area contributed by atoms with Crippen molar-refractivity contribution in [2.75, 3.05) is 13.1 Å². The lowest BCUT2D eigenvalue weighted by molar-refractivity contribution is -0.156. The minimum absolute atomic E-state index is 0.0953. The number of benzene rings is 1. The van der Waals surface area contributed by atoms with Crippen molar-refractivity contribution in [3.63, 3.8) is 0 Å². The maximum Gasteiger partial charge on any atom is 0.309 e. The zero-order valence-electron chi connectivity index (χ0n) is 18.9. The van der Waals surface area contributed by atoms with Crippen molar-refractivity contribution in [2.45, 2.75) is 51.5 Å². The Bertz CT molecular complexity index is 1220. The zero-order chi connectivity index (χ0) is 23.8. The highest BCUT2D eigenvalue weighted by atomic mass is 32.2. The van der Waals surface area contributed by atoms with Gasteiger partial charge in [-0.1, -0.05) is 22.9 Å². The molecule has 176 valence electrons. The fraction of sp³-hybridized carbons (Fsp3) is 0.455. The van der Waals surface area contributed by atoms with E-state index in [2.05, 4.69) is 15.4 Å². The number of aryl methyl sites for hydroxylation is 3. The monoisotopic (exact) mass is 474 g/mol. The number of carbonyl (C=O) groups is 1. The molecular formula is C22H26N4O6S. The van der Waals surface area contributed by atoms with Gasteiger partial charge in [-0.15, -0.1) is 10.2 Å². The van der Waals surface area contributed by atoms with Crippen molar-refractivity contribution in [3.05, 3.63) is 47.2 Å². The molecule has 0 N–H and O–H groups in total. The molecule has 3 heterocycles. The predicted octanol–water partition coefficient (Wildman–Crippen LogP) is 3.35. The third-order valence-electron chi connectivity index (χ3n) is 5.73. The Morgan fingerprint density at radius 1 is 1.12 bits per heavy atom. The number of aromatic nitrogens is 3. The van der Waals surface area contributed by atoms with Crippen LogP contribution in [-0.4, -0.2) is 47.1 Å². The van der Waals surface area contributed by atoms with Crippen LogP contribution in [-0.2, 0) is 19.6 Å². The summed E-state index contributed by atoms with van der Waals surface area (Å²) >= 11 is 0. The molecule has 0 amide bonds. The minimum atomic E-state index is -3.73. The van der Waals surface area contributed by atoms with Crippen LogP contribution in [0, 0.1) is 26.7 Å². The Balaban J connectivity index is 1.35. The molecule has 1 fully saturated rings. The molecule has 3 aromatic rings. The first kappa shape index (κ1) is 23.1. The highest BCUT2D eigenvalue weighted by molar-refractivity contribution is 7.89. The molecule has 1 atom stereocenters. The van der Waals surface area contributed by atoms with E-state index in [1.165, 1.54) is 4.31 Å². The van der Waals surface area contributed by atoms with Gasteiger partial charge in [-0.05, 0) is 52.7 Å². The summed E-state index contributed by atoms with van der Waals surface area (Å²) in [6.45, 7) is 7.23. The molecule has 4 rings (SSSR count). The van der Waals surface area contributed by atoms with Gasteiger partial charge < -0.3 is 13.7 Å². The largest absolute Gasteiger partial charge is 0.452 e. The molecule has 11 heteroatoms. The molecule has 0 aliphatic carbocycles. The topological polar surface area (TPSA) is 129 Å². The summed E-state index contributed by atoms with van der Waals surface area (Å²) in [6.07, 6.45) is -0.00701. The summed E-state index contributed by atoms with van der Waals surface area (Å²) in [4.78, 5) is 12.8. The number of piperidine rings is 1. The molecule has 10 nitrogen and oxygen atoms in total. The molecule has 1 aliphatic heterocycles. The van der Waals surface area contributed by atoms with Gasteiger partial charge in [0.2, 0.25) is 15.9 Å². The van der Waals surface area contributed by atoms with Gasteiger partial charge in [-0.25, -0.2) is 8.42 Å². The number of nitrogens with zero attached hydrogens (tertiary/aromatic N) is 4. The number of esters is 1. The van der Waals surface area contributed by atoms with Crippen LogP contribution < -0.4 is 0 Å². The van der Waals surface area contributed by atoms with Gasteiger partial charge in [0.25, 0.3) is 5.89 Å². The average molecular weight is 475 g/mol. The normalized spacial score (nSPS) is 16.6.